The number of halogens is 1. The molecule has 30 heavy (non-hydrogen) atoms. The second-order valence-electron chi connectivity index (χ2n) is 6.99. The van der Waals surface area contributed by atoms with Gasteiger partial charge < -0.3 is 0 Å². The Bertz CT molecular complexity index is 1010. The minimum atomic E-state index is -0.891. The molecule has 0 bridgehead atoms. The Morgan fingerprint density at radius 1 is 0.733 bits per heavy atom. The van der Waals surface area contributed by atoms with Crippen LogP contribution in [0.15, 0.2) is 84.9 Å². The number of anilines is 2. The van der Waals surface area contributed by atoms with Crippen molar-refractivity contribution in [2.45, 2.75) is 12.8 Å². The average Bonchev–Trinajstić information content (AvgIpc) is 3.03. The van der Waals surface area contributed by atoms with Crippen molar-refractivity contribution < 1.29 is 14.4 Å². The van der Waals surface area contributed by atoms with Gasteiger partial charge in [0.25, 0.3) is 11.8 Å². The summed E-state index contributed by atoms with van der Waals surface area (Å²) in [5.41, 5.74) is 1.82. The van der Waals surface area contributed by atoms with Crippen molar-refractivity contribution in [3.05, 3.63) is 94.1 Å². The monoisotopic (exact) mass is 510 g/mol. The summed E-state index contributed by atoms with van der Waals surface area (Å²) in [5.74, 6) is -1.59. The number of Topliss-reactive ketones (excluding diaryl/α,β-unsaturated/α-hetero) is 1. The van der Waals surface area contributed by atoms with E-state index in [-0.39, 0.29) is 30.4 Å². The normalized spacial score (nSPS) is 14.4. The van der Waals surface area contributed by atoms with E-state index in [0.717, 1.165) is 3.57 Å². The van der Waals surface area contributed by atoms with Gasteiger partial charge in [-0.3, -0.25) is 14.4 Å². The van der Waals surface area contributed by atoms with Crippen LogP contribution >= 0.6 is 22.6 Å². The molecule has 1 aliphatic heterocycles. The summed E-state index contributed by atoms with van der Waals surface area (Å²) in [7, 11) is 0. The first kappa shape index (κ1) is 20.3. The molecule has 2 amide bonds. The third kappa shape index (κ3) is 4.00. The molecule has 0 radical (unpaired) electrons. The average molecular weight is 510 g/mol. The third-order valence-electron chi connectivity index (χ3n) is 5.04. The van der Waals surface area contributed by atoms with Crippen LogP contribution in [0.2, 0.25) is 0 Å². The van der Waals surface area contributed by atoms with Gasteiger partial charge in [-0.05, 0) is 65.4 Å². The molecule has 4 rings (SSSR count). The first-order chi connectivity index (χ1) is 14.6. The van der Waals surface area contributed by atoms with E-state index in [1.807, 2.05) is 48.5 Å². The van der Waals surface area contributed by atoms with Gasteiger partial charge in [0.15, 0.2) is 5.78 Å². The zero-order valence-electron chi connectivity index (χ0n) is 16.1. The predicted molar refractivity (Wildman–Crippen MR) is 124 cm³/mol. The van der Waals surface area contributed by atoms with Crippen LogP contribution < -0.4 is 10.0 Å². The molecule has 3 aromatic carbocycles. The summed E-state index contributed by atoms with van der Waals surface area (Å²) in [6.45, 7) is 0. The van der Waals surface area contributed by atoms with Crippen LogP contribution in [0.4, 0.5) is 11.4 Å². The number of hydrazine groups is 1. The zero-order valence-corrected chi connectivity index (χ0v) is 18.2. The topological polar surface area (TPSA) is 57.7 Å². The van der Waals surface area contributed by atoms with E-state index < -0.39 is 5.92 Å². The molecule has 0 unspecified atom stereocenters. The van der Waals surface area contributed by atoms with Gasteiger partial charge >= 0.3 is 0 Å². The van der Waals surface area contributed by atoms with E-state index in [2.05, 4.69) is 22.6 Å². The Morgan fingerprint density at radius 2 is 1.20 bits per heavy atom. The van der Waals surface area contributed by atoms with Crippen molar-refractivity contribution in [3.8, 4) is 0 Å². The van der Waals surface area contributed by atoms with E-state index >= 15 is 0 Å². The van der Waals surface area contributed by atoms with Crippen LogP contribution in [0.3, 0.4) is 0 Å². The van der Waals surface area contributed by atoms with Gasteiger partial charge in [-0.1, -0.05) is 48.5 Å². The fourth-order valence-electron chi connectivity index (χ4n) is 3.52. The second kappa shape index (κ2) is 8.79. The van der Waals surface area contributed by atoms with Crippen molar-refractivity contribution >= 4 is 51.6 Å². The smallest absolute Gasteiger partial charge is 0.258 e. The number of carbonyl (C=O) groups is 3. The number of carbonyl (C=O) groups excluding carboxylic acids is 3. The quantitative estimate of drug-likeness (QED) is 0.270. The van der Waals surface area contributed by atoms with Gasteiger partial charge in [-0.25, -0.2) is 10.0 Å². The Labute approximate surface area is 188 Å². The maximum absolute atomic E-state index is 13.2. The van der Waals surface area contributed by atoms with Gasteiger partial charge in [0.05, 0.1) is 11.4 Å². The molecule has 1 saturated heterocycles. The number of nitrogens with zero attached hydrogens (tertiary/aromatic N) is 2. The molecule has 0 spiro atoms. The first-order valence-corrected chi connectivity index (χ1v) is 10.7. The fraction of sp³-hybridized carbons (Fsp3) is 0.125. The Balaban J connectivity index is 1.59. The minimum Gasteiger partial charge on any atom is -0.294 e. The van der Waals surface area contributed by atoms with Crippen LogP contribution in [0, 0.1) is 9.49 Å². The van der Waals surface area contributed by atoms with Crippen LogP contribution in [-0.4, -0.2) is 17.6 Å². The number of para-hydroxylation sites is 2. The molecule has 150 valence electrons. The van der Waals surface area contributed by atoms with E-state index in [9.17, 15) is 14.4 Å². The number of hydrogen-bond donors (Lipinski definition) is 0. The molecule has 1 heterocycles. The summed E-state index contributed by atoms with van der Waals surface area (Å²) in [6, 6.07) is 25.5. The standard InChI is InChI=1S/C24H19IN2O3/c25-18-13-11-17(12-14-18)22(28)16-15-21-23(29)26(19-7-3-1-4-8-19)27(24(21)30)20-9-5-2-6-10-20/h1-14,21H,15-16H2. The van der Waals surface area contributed by atoms with E-state index in [4.69, 9.17) is 0 Å². The molecule has 0 saturated carbocycles. The number of rotatable bonds is 6. The molecular formula is C24H19IN2O3. The maximum atomic E-state index is 13.2. The lowest BCUT2D eigenvalue weighted by atomic mass is 9.98. The van der Waals surface area contributed by atoms with E-state index in [1.165, 1.54) is 10.0 Å². The fourth-order valence-corrected chi connectivity index (χ4v) is 3.88. The van der Waals surface area contributed by atoms with Crippen molar-refractivity contribution in [2.24, 2.45) is 5.92 Å². The molecule has 0 N–H and O–H groups in total. The van der Waals surface area contributed by atoms with Gasteiger partial charge in [-0.2, -0.15) is 0 Å². The summed E-state index contributed by atoms with van der Waals surface area (Å²) in [4.78, 5) is 39.1. The van der Waals surface area contributed by atoms with Gasteiger partial charge in [-0.15, -0.1) is 0 Å². The largest absolute Gasteiger partial charge is 0.294 e. The highest BCUT2D eigenvalue weighted by molar-refractivity contribution is 14.1. The predicted octanol–water partition coefficient (Wildman–Crippen LogP) is 4.87. The van der Waals surface area contributed by atoms with Crippen LogP contribution in [-0.2, 0) is 9.59 Å². The minimum absolute atomic E-state index is 0.0728. The molecule has 1 fully saturated rings. The van der Waals surface area contributed by atoms with Crippen LogP contribution in [0.5, 0.6) is 0 Å². The Kier molecular flexibility index (Phi) is 5.94. The molecule has 1 aliphatic rings. The number of benzene rings is 3. The van der Waals surface area contributed by atoms with Gasteiger partial charge in [0, 0.05) is 15.6 Å². The number of ketones is 1. The number of amides is 2. The number of hydrogen-bond acceptors (Lipinski definition) is 3. The lowest BCUT2D eigenvalue weighted by Gasteiger charge is -2.27. The summed E-state index contributed by atoms with van der Waals surface area (Å²) in [6.07, 6.45) is 0.309. The second-order valence-corrected chi connectivity index (χ2v) is 8.24. The zero-order chi connectivity index (χ0) is 21.1. The summed E-state index contributed by atoms with van der Waals surface area (Å²) in [5, 5.41) is 2.83. The maximum Gasteiger partial charge on any atom is 0.258 e. The summed E-state index contributed by atoms with van der Waals surface area (Å²) < 4.78 is 1.04. The highest BCUT2D eigenvalue weighted by Crippen LogP contribution is 2.33. The van der Waals surface area contributed by atoms with Crippen molar-refractivity contribution in [2.75, 3.05) is 10.0 Å². The molecule has 3 aromatic rings. The van der Waals surface area contributed by atoms with Crippen LogP contribution in [0.1, 0.15) is 23.2 Å². The summed E-state index contributed by atoms with van der Waals surface area (Å²) >= 11 is 2.18. The molecule has 0 aliphatic carbocycles. The van der Waals surface area contributed by atoms with E-state index in [0.29, 0.717) is 16.9 Å². The molecule has 5 nitrogen and oxygen atoms in total. The molecule has 0 atom stereocenters. The third-order valence-corrected chi connectivity index (χ3v) is 5.76. The lowest BCUT2D eigenvalue weighted by Crippen LogP contribution is -2.41. The van der Waals surface area contributed by atoms with Crippen LogP contribution in [0.25, 0.3) is 0 Å². The first-order valence-electron chi connectivity index (χ1n) is 9.63. The van der Waals surface area contributed by atoms with E-state index in [1.54, 1.807) is 36.4 Å². The highest BCUT2D eigenvalue weighted by Gasteiger charge is 2.46. The van der Waals surface area contributed by atoms with Crippen molar-refractivity contribution in [1.29, 1.82) is 0 Å². The van der Waals surface area contributed by atoms with Crippen molar-refractivity contribution in [1.82, 2.24) is 0 Å². The van der Waals surface area contributed by atoms with Crippen molar-refractivity contribution in [3.63, 3.8) is 0 Å². The highest BCUT2D eigenvalue weighted by atomic mass is 127. The lowest BCUT2D eigenvalue weighted by molar-refractivity contribution is -0.127. The Morgan fingerprint density at radius 3 is 1.67 bits per heavy atom. The van der Waals surface area contributed by atoms with Gasteiger partial charge in [0.2, 0.25) is 0 Å². The Hall–Kier alpha value is -3.00. The van der Waals surface area contributed by atoms with Gasteiger partial charge in [0.1, 0.15) is 5.92 Å². The molecular weight excluding hydrogens is 491 g/mol. The molecule has 6 heteroatoms. The molecule has 0 aromatic heterocycles. The SMILES string of the molecule is O=C(CCC1C(=O)N(c2ccccc2)N(c2ccccc2)C1=O)c1ccc(I)cc1.